The highest BCUT2D eigenvalue weighted by Gasteiger charge is 2.30. The third kappa shape index (κ3) is 5.92. The van der Waals surface area contributed by atoms with Crippen LogP contribution in [-0.2, 0) is 17.6 Å². The zero-order valence-corrected chi connectivity index (χ0v) is 19.3. The van der Waals surface area contributed by atoms with Gasteiger partial charge in [0, 0.05) is 28.8 Å². The van der Waals surface area contributed by atoms with Crippen molar-refractivity contribution >= 4 is 40.4 Å². The Morgan fingerprint density at radius 2 is 1.97 bits per heavy atom. The number of hydrogen-bond donors (Lipinski definition) is 3. The fourth-order valence-electron chi connectivity index (χ4n) is 3.57. The monoisotopic (exact) mass is 447 g/mol. The van der Waals surface area contributed by atoms with E-state index in [1.807, 2.05) is 11.4 Å². The predicted octanol–water partition coefficient (Wildman–Crippen LogP) is 3.93. The predicted molar refractivity (Wildman–Crippen MR) is 121 cm³/mol. The molecule has 0 bridgehead atoms. The molecule has 3 rings (SSSR count). The first-order valence-corrected chi connectivity index (χ1v) is 12.0. The van der Waals surface area contributed by atoms with Crippen molar-refractivity contribution < 1.29 is 14.4 Å². The molecule has 8 heteroatoms. The zero-order chi connectivity index (χ0) is 21.7. The van der Waals surface area contributed by atoms with Crippen molar-refractivity contribution in [3.63, 3.8) is 0 Å². The van der Waals surface area contributed by atoms with Crippen molar-refractivity contribution in [3.8, 4) is 0 Å². The summed E-state index contributed by atoms with van der Waals surface area (Å²) >= 11 is 2.99. The lowest BCUT2D eigenvalue weighted by Gasteiger charge is -2.33. The van der Waals surface area contributed by atoms with Crippen LogP contribution in [0.2, 0.25) is 0 Å². The summed E-state index contributed by atoms with van der Waals surface area (Å²) in [6.45, 7) is 7.21. The maximum absolute atomic E-state index is 12.4. The molecule has 0 radical (unpaired) electrons. The summed E-state index contributed by atoms with van der Waals surface area (Å²) in [5.74, 6) is -0.0705. The first-order valence-electron chi connectivity index (χ1n) is 10.2. The zero-order valence-electron chi connectivity index (χ0n) is 17.7. The second kappa shape index (κ2) is 9.75. The smallest absolute Gasteiger partial charge is 0.279 e. The summed E-state index contributed by atoms with van der Waals surface area (Å²) in [7, 11) is 0. The van der Waals surface area contributed by atoms with Gasteiger partial charge in [0.25, 0.3) is 11.8 Å². The van der Waals surface area contributed by atoms with Crippen LogP contribution in [0.4, 0.5) is 0 Å². The third-order valence-electron chi connectivity index (χ3n) is 5.50. The lowest BCUT2D eigenvalue weighted by atomic mass is 9.72. The number of carbonyl (C=O) groups is 3. The average Bonchev–Trinajstić information content (AvgIpc) is 3.37. The van der Waals surface area contributed by atoms with E-state index in [1.165, 1.54) is 33.1 Å². The summed E-state index contributed by atoms with van der Waals surface area (Å²) in [6, 6.07) is 3.73. The van der Waals surface area contributed by atoms with Gasteiger partial charge in [-0.2, -0.15) is 11.3 Å². The van der Waals surface area contributed by atoms with Crippen LogP contribution in [-0.4, -0.2) is 24.3 Å². The van der Waals surface area contributed by atoms with Crippen molar-refractivity contribution in [3.05, 3.63) is 43.8 Å². The topological polar surface area (TPSA) is 87.3 Å². The van der Waals surface area contributed by atoms with E-state index in [4.69, 9.17) is 0 Å². The highest BCUT2D eigenvalue weighted by atomic mass is 32.1. The van der Waals surface area contributed by atoms with Gasteiger partial charge in [0.05, 0.1) is 4.88 Å². The van der Waals surface area contributed by atoms with Crippen LogP contribution in [0.15, 0.2) is 22.9 Å². The third-order valence-corrected chi connectivity index (χ3v) is 7.42. The normalized spacial score (nSPS) is 15.9. The molecule has 0 saturated carbocycles. The van der Waals surface area contributed by atoms with Crippen LogP contribution in [0.5, 0.6) is 0 Å². The van der Waals surface area contributed by atoms with E-state index in [2.05, 4.69) is 36.9 Å². The molecule has 2 aromatic rings. The Hall–Kier alpha value is -2.19. The minimum absolute atomic E-state index is 0.139. The van der Waals surface area contributed by atoms with Crippen molar-refractivity contribution in [2.75, 3.05) is 6.54 Å². The Kier molecular flexibility index (Phi) is 7.31. The van der Waals surface area contributed by atoms with Gasteiger partial charge < -0.3 is 5.32 Å². The summed E-state index contributed by atoms with van der Waals surface area (Å²) in [5, 5.41) is 6.40. The van der Waals surface area contributed by atoms with E-state index >= 15 is 0 Å². The quantitative estimate of drug-likeness (QED) is 0.463. The number of amides is 3. The van der Waals surface area contributed by atoms with Gasteiger partial charge in [-0.15, -0.1) is 11.3 Å². The van der Waals surface area contributed by atoms with Crippen molar-refractivity contribution in [1.82, 2.24) is 16.2 Å². The lowest BCUT2D eigenvalue weighted by Crippen LogP contribution is -2.41. The van der Waals surface area contributed by atoms with Gasteiger partial charge in [-0.3, -0.25) is 25.2 Å². The molecule has 1 unspecified atom stereocenters. The summed E-state index contributed by atoms with van der Waals surface area (Å²) in [6.07, 6.45) is 3.89. The van der Waals surface area contributed by atoms with Crippen molar-refractivity contribution in [2.45, 2.75) is 52.9 Å². The Bertz CT molecular complexity index is 897. The molecule has 0 aliphatic heterocycles. The van der Waals surface area contributed by atoms with Crippen molar-refractivity contribution in [1.29, 1.82) is 0 Å². The molecule has 0 saturated heterocycles. The Labute approximate surface area is 185 Å². The molecule has 0 aromatic carbocycles. The van der Waals surface area contributed by atoms with Gasteiger partial charge >= 0.3 is 0 Å². The number of fused-ring (bicyclic) bond motifs is 1. The number of hydrazine groups is 1. The molecule has 0 fully saturated rings. The van der Waals surface area contributed by atoms with Crippen LogP contribution < -0.4 is 16.2 Å². The van der Waals surface area contributed by atoms with E-state index in [0.717, 1.165) is 19.3 Å². The van der Waals surface area contributed by atoms with E-state index in [1.54, 1.807) is 11.4 Å². The van der Waals surface area contributed by atoms with E-state index in [0.29, 0.717) is 29.3 Å². The second-order valence-corrected chi connectivity index (χ2v) is 10.7. The van der Waals surface area contributed by atoms with Crippen LogP contribution in [0.25, 0.3) is 0 Å². The van der Waals surface area contributed by atoms with Gasteiger partial charge in [-0.05, 0) is 60.1 Å². The molecule has 30 heavy (non-hydrogen) atoms. The van der Waals surface area contributed by atoms with Crippen LogP contribution in [0, 0.1) is 11.3 Å². The molecule has 2 heterocycles. The molecular formula is C22H29N3O3S2. The summed E-state index contributed by atoms with van der Waals surface area (Å²) in [4.78, 5) is 38.1. The Balaban J connectivity index is 1.39. The number of thiophene rings is 2. The fourth-order valence-corrected chi connectivity index (χ4v) is 5.31. The van der Waals surface area contributed by atoms with E-state index in [-0.39, 0.29) is 29.6 Å². The highest BCUT2D eigenvalue weighted by Crippen LogP contribution is 2.40. The van der Waals surface area contributed by atoms with E-state index < -0.39 is 0 Å². The summed E-state index contributed by atoms with van der Waals surface area (Å²) < 4.78 is 0. The van der Waals surface area contributed by atoms with Crippen molar-refractivity contribution in [2.24, 2.45) is 11.3 Å². The molecule has 3 N–H and O–H groups in total. The van der Waals surface area contributed by atoms with Gasteiger partial charge in [-0.25, -0.2) is 0 Å². The van der Waals surface area contributed by atoms with Gasteiger partial charge in [0.15, 0.2) is 0 Å². The van der Waals surface area contributed by atoms with Gasteiger partial charge in [0.2, 0.25) is 5.91 Å². The average molecular weight is 448 g/mol. The van der Waals surface area contributed by atoms with E-state index in [9.17, 15) is 14.4 Å². The molecule has 0 spiro atoms. The largest absolute Gasteiger partial charge is 0.352 e. The number of hydrogen-bond acceptors (Lipinski definition) is 5. The first-order chi connectivity index (χ1) is 14.2. The molecule has 2 aromatic heterocycles. The second-order valence-electron chi connectivity index (χ2n) is 8.74. The Morgan fingerprint density at radius 3 is 2.67 bits per heavy atom. The maximum atomic E-state index is 12.4. The highest BCUT2D eigenvalue weighted by molar-refractivity contribution is 7.14. The molecular weight excluding hydrogens is 418 g/mol. The lowest BCUT2D eigenvalue weighted by molar-refractivity contribution is -0.121. The van der Waals surface area contributed by atoms with Gasteiger partial charge in [0.1, 0.15) is 0 Å². The molecule has 1 aliphatic carbocycles. The Morgan fingerprint density at radius 1 is 1.17 bits per heavy atom. The first kappa shape index (κ1) is 22.5. The van der Waals surface area contributed by atoms with Gasteiger partial charge in [-0.1, -0.05) is 20.8 Å². The molecule has 162 valence electrons. The number of rotatable bonds is 6. The molecule has 6 nitrogen and oxygen atoms in total. The fraction of sp³-hybridized carbons (Fsp3) is 0.500. The minimum Gasteiger partial charge on any atom is -0.352 e. The molecule has 3 amide bonds. The summed E-state index contributed by atoms with van der Waals surface area (Å²) in [5.41, 5.74) is 7.13. The number of nitrogens with one attached hydrogen (secondary N) is 3. The SMILES string of the molecule is CC(C)(C)C1CCc2sc(C(=O)NNC(=O)CCCNC(=O)c3ccsc3)cc2C1. The standard InChI is InChI=1S/C22H29N3O3S2/c1-22(2,3)16-6-7-17-15(11-16)12-18(30-17)21(28)25-24-19(26)5-4-9-23-20(27)14-8-10-29-13-14/h8,10,12-13,16H,4-7,9,11H2,1-3H3,(H,23,27)(H,24,26)(H,25,28). The van der Waals surface area contributed by atoms with Crippen LogP contribution >= 0.6 is 22.7 Å². The minimum atomic E-state index is -0.277. The molecule has 1 atom stereocenters. The maximum Gasteiger partial charge on any atom is 0.279 e. The number of carbonyl (C=O) groups excluding carboxylic acids is 3. The van der Waals surface area contributed by atoms with Crippen LogP contribution in [0.1, 0.15) is 70.5 Å². The molecule has 1 aliphatic rings. The number of aryl methyl sites for hydroxylation is 1. The van der Waals surface area contributed by atoms with Crippen LogP contribution in [0.3, 0.4) is 0 Å².